The van der Waals surface area contributed by atoms with Crippen LogP contribution < -0.4 is 19.1 Å². The number of nitrogens with one attached hydrogen (secondary N) is 1. The molecule has 4 rings (SSSR count). The Bertz CT molecular complexity index is 1510. The van der Waals surface area contributed by atoms with Crippen molar-refractivity contribution in [2.75, 3.05) is 25.1 Å². The number of amides is 1. The van der Waals surface area contributed by atoms with E-state index in [-0.39, 0.29) is 17.1 Å². The van der Waals surface area contributed by atoms with Crippen molar-refractivity contribution in [1.29, 1.82) is 0 Å². The topological polar surface area (TPSA) is 103 Å². The first kappa shape index (κ1) is 26.7. The first-order chi connectivity index (χ1) is 18.2. The molecule has 1 aromatic heterocycles. The van der Waals surface area contributed by atoms with Crippen molar-refractivity contribution in [1.82, 2.24) is 14.9 Å². The van der Waals surface area contributed by atoms with Crippen molar-refractivity contribution in [2.24, 2.45) is 0 Å². The molecule has 4 aromatic rings. The number of rotatable bonds is 10. The van der Waals surface area contributed by atoms with E-state index in [0.717, 1.165) is 26.9 Å². The van der Waals surface area contributed by atoms with Crippen LogP contribution >= 0.6 is 0 Å². The van der Waals surface area contributed by atoms with Gasteiger partial charge in [0.1, 0.15) is 23.9 Å². The summed E-state index contributed by atoms with van der Waals surface area (Å²) in [4.78, 5) is 17.4. The number of aryl methyl sites for hydroxylation is 2. The molecule has 0 saturated carbocycles. The third-order valence-electron chi connectivity index (χ3n) is 6.08. The van der Waals surface area contributed by atoms with E-state index in [0.29, 0.717) is 11.5 Å². The Morgan fingerprint density at radius 3 is 2.29 bits per heavy atom. The Balaban J connectivity index is 1.58. The average Bonchev–Trinajstić information content (AvgIpc) is 3.36. The van der Waals surface area contributed by atoms with E-state index in [1.807, 2.05) is 48.9 Å². The molecule has 0 radical (unpaired) electrons. The molecule has 10 heteroatoms. The zero-order valence-electron chi connectivity index (χ0n) is 21.7. The molecule has 1 amide bonds. The molecule has 0 atom stereocenters. The maximum atomic E-state index is 13.7. The molecule has 1 heterocycles. The summed E-state index contributed by atoms with van der Waals surface area (Å²) in [7, 11) is -1.19. The highest BCUT2D eigenvalue weighted by Gasteiger charge is 2.30. The monoisotopic (exact) mass is 534 g/mol. The van der Waals surface area contributed by atoms with E-state index < -0.39 is 22.5 Å². The SMILES string of the molecule is COc1ccc(OC)c(N(CC(=O)NCc2ccc(-n3ccnc3C)cc2)S(=O)(=O)c2ccc(C)cc2)c1. The van der Waals surface area contributed by atoms with Crippen LogP contribution in [0, 0.1) is 13.8 Å². The first-order valence-electron chi connectivity index (χ1n) is 11.9. The molecule has 0 saturated heterocycles. The van der Waals surface area contributed by atoms with Gasteiger partial charge in [-0.1, -0.05) is 29.8 Å². The van der Waals surface area contributed by atoms with Gasteiger partial charge in [-0.2, -0.15) is 0 Å². The van der Waals surface area contributed by atoms with Crippen LogP contribution in [0.15, 0.2) is 84.0 Å². The number of ether oxygens (including phenoxy) is 2. The van der Waals surface area contributed by atoms with E-state index in [4.69, 9.17) is 9.47 Å². The van der Waals surface area contributed by atoms with Crippen LogP contribution in [0.5, 0.6) is 11.5 Å². The van der Waals surface area contributed by atoms with Gasteiger partial charge in [0.15, 0.2) is 0 Å². The van der Waals surface area contributed by atoms with Crippen molar-refractivity contribution >= 4 is 21.6 Å². The van der Waals surface area contributed by atoms with Crippen LogP contribution in [0.25, 0.3) is 5.69 Å². The molecule has 0 aliphatic rings. The summed E-state index contributed by atoms with van der Waals surface area (Å²) >= 11 is 0. The van der Waals surface area contributed by atoms with Gasteiger partial charge in [0.2, 0.25) is 5.91 Å². The number of carbonyl (C=O) groups is 1. The smallest absolute Gasteiger partial charge is 0.264 e. The number of aromatic nitrogens is 2. The van der Waals surface area contributed by atoms with Crippen molar-refractivity contribution in [3.05, 3.63) is 96.1 Å². The van der Waals surface area contributed by atoms with Gasteiger partial charge in [-0.15, -0.1) is 0 Å². The number of methoxy groups -OCH3 is 2. The molecular formula is C28H30N4O5S. The minimum atomic E-state index is -4.11. The van der Waals surface area contributed by atoms with Crippen LogP contribution in [-0.2, 0) is 21.4 Å². The van der Waals surface area contributed by atoms with Crippen molar-refractivity contribution in [3.8, 4) is 17.2 Å². The average molecular weight is 535 g/mol. The van der Waals surface area contributed by atoms with Crippen molar-refractivity contribution in [3.63, 3.8) is 0 Å². The Morgan fingerprint density at radius 2 is 1.68 bits per heavy atom. The quantitative estimate of drug-likeness (QED) is 0.330. The van der Waals surface area contributed by atoms with E-state index in [1.54, 1.807) is 30.5 Å². The van der Waals surface area contributed by atoms with Gasteiger partial charge in [0.25, 0.3) is 10.0 Å². The summed E-state index contributed by atoms with van der Waals surface area (Å²) in [5.74, 6) is 1.12. The second-order valence-corrected chi connectivity index (χ2v) is 10.5. The van der Waals surface area contributed by atoms with Crippen LogP contribution in [0.3, 0.4) is 0 Å². The highest BCUT2D eigenvalue weighted by atomic mass is 32.2. The number of benzene rings is 3. The molecule has 0 aliphatic carbocycles. The van der Waals surface area contributed by atoms with Gasteiger partial charge in [-0.3, -0.25) is 9.10 Å². The summed E-state index contributed by atoms with van der Waals surface area (Å²) in [5, 5.41) is 2.83. The van der Waals surface area contributed by atoms with Gasteiger partial charge in [0.05, 0.1) is 24.8 Å². The third-order valence-corrected chi connectivity index (χ3v) is 7.85. The number of hydrogen-bond donors (Lipinski definition) is 1. The van der Waals surface area contributed by atoms with Gasteiger partial charge in [-0.25, -0.2) is 13.4 Å². The number of hydrogen-bond acceptors (Lipinski definition) is 6. The zero-order valence-corrected chi connectivity index (χ0v) is 22.5. The number of carbonyl (C=O) groups excluding carboxylic acids is 1. The van der Waals surface area contributed by atoms with Crippen LogP contribution in [-0.4, -0.2) is 44.6 Å². The molecule has 198 valence electrons. The van der Waals surface area contributed by atoms with E-state index in [1.165, 1.54) is 32.4 Å². The Labute approximate surface area is 222 Å². The fourth-order valence-electron chi connectivity index (χ4n) is 3.94. The minimum absolute atomic E-state index is 0.0613. The largest absolute Gasteiger partial charge is 0.497 e. The predicted octanol–water partition coefficient (Wildman–Crippen LogP) is 4.02. The van der Waals surface area contributed by atoms with Gasteiger partial charge in [-0.05, 0) is 55.8 Å². The molecule has 0 aliphatic heterocycles. The second kappa shape index (κ2) is 11.4. The molecule has 0 spiro atoms. The van der Waals surface area contributed by atoms with Gasteiger partial charge >= 0.3 is 0 Å². The van der Waals surface area contributed by atoms with E-state index in [9.17, 15) is 13.2 Å². The lowest BCUT2D eigenvalue weighted by molar-refractivity contribution is -0.119. The molecule has 0 unspecified atom stereocenters. The standard InChI is InChI=1S/C28H30N4O5S/c1-20-5-12-25(13-6-20)38(34,35)32(26-17-24(36-3)11-14-27(26)37-4)19-28(33)30-18-22-7-9-23(10-8-22)31-16-15-29-21(31)2/h5-17H,18-19H2,1-4H3,(H,30,33). The van der Waals surface area contributed by atoms with Crippen molar-refractivity contribution in [2.45, 2.75) is 25.3 Å². The summed E-state index contributed by atoms with van der Waals surface area (Å²) in [6.45, 7) is 3.57. The van der Waals surface area contributed by atoms with Crippen LogP contribution in [0.1, 0.15) is 17.0 Å². The molecule has 0 fully saturated rings. The van der Waals surface area contributed by atoms with Gasteiger partial charge in [0, 0.05) is 30.7 Å². The van der Waals surface area contributed by atoms with Crippen LogP contribution in [0.4, 0.5) is 5.69 Å². The van der Waals surface area contributed by atoms with E-state index in [2.05, 4.69) is 10.3 Å². The summed E-state index contributed by atoms with van der Waals surface area (Å²) < 4.78 is 41.2. The summed E-state index contributed by atoms with van der Waals surface area (Å²) in [5.41, 5.74) is 2.94. The number of nitrogens with zero attached hydrogens (tertiary/aromatic N) is 3. The lowest BCUT2D eigenvalue weighted by Crippen LogP contribution is -2.40. The Kier molecular flexibility index (Phi) is 8.02. The maximum absolute atomic E-state index is 13.7. The second-order valence-electron chi connectivity index (χ2n) is 8.65. The van der Waals surface area contributed by atoms with Crippen LogP contribution in [0.2, 0.25) is 0 Å². The Morgan fingerprint density at radius 1 is 0.974 bits per heavy atom. The number of imidazole rings is 1. The molecule has 9 nitrogen and oxygen atoms in total. The summed E-state index contributed by atoms with van der Waals surface area (Å²) in [6, 6.07) is 18.9. The highest BCUT2D eigenvalue weighted by molar-refractivity contribution is 7.92. The zero-order chi connectivity index (χ0) is 27.3. The van der Waals surface area contributed by atoms with E-state index >= 15 is 0 Å². The lowest BCUT2D eigenvalue weighted by Gasteiger charge is -2.26. The fraction of sp³-hybridized carbons (Fsp3) is 0.214. The number of anilines is 1. The maximum Gasteiger partial charge on any atom is 0.264 e. The fourth-order valence-corrected chi connectivity index (χ4v) is 5.36. The predicted molar refractivity (Wildman–Crippen MR) is 145 cm³/mol. The molecule has 1 N–H and O–H groups in total. The molecular weight excluding hydrogens is 504 g/mol. The lowest BCUT2D eigenvalue weighted by atomic mass is 10.2. The molecule has 38 heavy (non-hydrogen) atoms. The normalized spacial score (nSPS) is 11.2. The van der Waals surface area contributed by atoms with Gasteiger partial charge < -0.3 is 19.4 Å². The minimum Gasteiger partial charge on any atom is -0.497 e. The molecule has 0 bridgehead atoms. The van der Waals surface area contributed by atoms with Crippen molar-refractivity contribution < 1.29 is 22.7 Å². The first-order valence-corrected chi connectivity index (χ1v) is 13.3. The molecule has 3 aromatic carbocycles. The third kappa shape index (κ3) is 5.81. The Hall–Kier alpha value is -4.31. The number of sulfonamides is 1. The summed E-state index contributed by atoms with van der Waals surface area (Å²) in [6.07, 6.45) is 3.61. The highest BCUT2D eigenvalue weighted by Crippen LogP contribution is 2.35.